The van der Waals surface area contributed by atoms with Crippen molar-refractivity contribution in [3.8, 4) is 11.5 Å². The largest absolute Gasteiger partial charge is 0.481 e. The zero-order chi connectivity index (χ0) is 17.1. The average molecular weight is 333 g/mol. The SMILES string of the molecule is O=C(O)C1CC(F)N(Cc2cccc(Oc3ccccc3)c2)C1F. The molecule has 24 heavy (non-hydrogen) atoms. The highest BCUT2D eigenvalue weighted by Crippen LogP contribution is 2.34. The molecule has 0 radical (unpaired) electrons. The third-order valence-electron chi connectivity index (χ3n) is 4.02. The van der Waals surface area contributed by atoms with Gasteiger partial charge in [0.05, 0.1) is 0 Å². The van der Waals surface area contributed by atoms with Crippen LogP contribution in [0.25, 0.3) is 0 Å². The second kappa shape index (κ2) is 6.97. The molecule has 3 unspecified atom stereocenters. The van der Waals surface area contributed by atoms with Crippen LogP contribution in [0.3, 0.4) is 0 Å². The zero-order valence-corrected chi connectivity index (χ0v) is 12.8. The fourth-order valence-corrected chi connectivity index (χ4v) is 2.79. The number of carboxylic acids is 1. The molecule has 3 atom stereocenters. The third-order valence-corrected chi connectivity index (χ3v) is 4.02. The number of hydrogen-bond acceptors (Lipinski definition) is 3. The Morgan fingerprint density at radius 1 is 1.12 bits per heavy atom. The van der Waals surface area contributed by atoms with Crippen molar-refractivity contribution >= 4 is 5.97 Å². The summed E-state index contributed by atoms with van der Waals surface area (Å²) < 4.78 is 33.8. The number of halogens is 2. The first-order valence-corrected chi connectivity index (χ1v) is 7.63. The molecule has 4 nitrogen and oxygen atoms in total. The van der Waals surface area contributed by atoms with Gasteiger partial charge in [-0.2, -0.15) is 0 Å². The van der Waals surface area contributed by atoms with E-state index in [2.05, 4.69) is 0 Å². The van der Waals surface area contributed by atoms with Crippen LogP contribution in [-0.2, 0) is 11.3 Å². The lowest BCUT2D eigenvalue weighted by molar-refractivity contribution is -0.144. The van der Waals surface area contributed by atoms with Crippen molar-refractivity contribution in [2.75, 3.05) is 0 Å². The normalized spacial score (nSPS) is 24.0. The molecule has 1 fully saturated rings. The molecule has 2 aromatic rings. The summed E-state index contributed by atoms with van der Waals surface area (Å²) in [6.45, 7) is -0.0158. The second-order valence-corrected chi connectivity index (χ2v) is 5.72. The fourth-order valence-electron chi connectivity index (χ4n) is 2.79. The highest BCUT2D eigenvalue weighted by Gasteiger charge is 2.45. The van der Waals surface area contributed by atoms with Gasteiger partial charge in [0.25, 0.3) is 0 Å². The topological polar surface area (TPSA) is 49.8 Å². The van der Waals surface area contributed by atoms with Crippen molar-refractivity contribution in [1.29, 1.82) is 0 Å². The smallest absolute Gasteiger partial charge is 0.311 e. The van der Waals surface area contributed by atoms with Crippen LogP contribution in [0.1, 0.15) is 12.0 Å². The van der Waals surface area contributed by atoms with Crippen molar-refractivity contribution < 1.29 is 23.4 Å². The number of alkyl halides is 2. The summed E-state index contributed by atoms with van der Waals surface area (Å²) in [6, 6.07) is 16.1. The van der Waals surface area contributed by atoms with E-state index in [0.29, 0.717) is 17.1 Å². The lowest BCUT2D eigenvalue weighted by Gasteiger charge is -2.21. The van der Waals surface area contributed by atoms with Crippen LogP contribution in [0.5, 0.6) is 11.5 Å². The Morgan fingerprint density at radius 2 is 1.83 bits per heavy atom. The van der Waals surface area contributed by atoms with E-state index in [0.717, 1.165) is 4.90 Å². The fraction of sp³-hybridized carbons (Fsp3) is 0.278. The first kappa shape index (κ1) is 16.4. The van der Waals surface area contributed by atoms with Crippen molar-refractivity contribution in [3.63, 3.8) is 0 Å². The van der Waals surface area contributed by atoms with Crippen LogP contribution in [-0.4, -0.2) is 28.6 Å². The van der Waals surface area contributed by atoms with Crippen LogP contribution in [0, 0.1) is 5.92 Å². The molecule has 0 amide bonds. The van der Waals surface area contributed by atoms with E-state index in [4.69, 9.17) is 9.84 Å². The van der Waals surface area contributed by atoms with E-state index >= 15 is 0 Å². The Bertz CT molecular complexity index is 710. The summed E-state index contributed by atoms with van der Waals surface area (Å²) in [5.41, 5.74) is 0.653. The quantitative estimate of drug-likeness (QED) is 0.841. The molecule has 0 saturated carbocycles. The number of rotatable bonds is 5. The highest BCUT2D eigenvalue weighted by atomic mass is 19.2. The second-order valence-electron chi connectivity index (χ2n) is 5.72. The number of ether oxygens (including phenoxy) is 1. The maximum Gasteiger partial charge on any atom is 0.311 e. The van der Waals surface area contributed by atoms with Gasteiger partial charge >= 0.3 is 5.97 Å². The number of benzene rings is 2. The molecule has 1 heterocycles. The van der Waals surface area contributed by atoms with Crippen molar-refractivity contribution in [3.05, 3.63) is 60.2 Å². The Labute approximate surface area is 138 Å². The molecule has 3 rings (SSSR count). The molecular weight excluding hydrogens is 316 g/mol. The summed E-state index contributed by atoms with van der Waals surface area (Å²) in [6.07, 6.45) is -3.78. The van der Waals surface area contributed by atoms with E-state index in [1.54, 1.807) is 36.4 Å². The number of hydrogen-bond donors (Lipinski definition) is 1. The Kier molecular flexibility index (Phi) is 4.76. The van der Waals surface area contributed by atoms with Gasteiger partial charge in [-0.05, 0) is 29.8 Å². The van der Waals surface area contributed by atoms with Gasteiger partial charge in [0.2, 0.25) is 0 Å². The van der Waals surface area contributed by atoms with Crippen molar-refractivity contribution in [2.24, 2.45) is 5.92 Å². The number of carboxylic acid groups (broad SMARTS) is 1. The Morgan fingerprint density at radius 3 is 2.50 bits per heavy atom. The van der Waals surface area contributed by atoms with Crippen LogP contribution in [0.15, 0.2) is 54.6 Å². The lowest BCUT2D eigenvalue weighted by Crippen LogP contribution is -2.33. The van der Waals surface area contributed by atoms with Gasteiger partial charge in [-0.25, -0.2) is 13.7 Å². The first-order chi connectivity index (χ1) is 11.5. The molecule has 1 N–H and O–H groups in total. The standard InChI is InChI=1S/C18H17F2NO3/c19-16-10-15(18(22)23)17(20)21(16)11-12-5-4-8-14(9-12)24-13-6-2-1-3-7-13/h1-9,15-17H,10-11H2,(H,22,23). The molecule has 0 spiro atoms. The third kappa shape index (κ3) is 3.54. The Balaban J connectivity index is 1.72. The highest BCUT2D eigenvalue weighted by molar-refractivity contribution is 5.71. The van der Waals surface area contributed by atoms with Crippen LogP contribution < -0.4 is 4.74 Å². The minimum absolute atomic E-state index is 0.0158. The molecule has 6 heteroatoms. The molecule has 1 saturated heterocycles. The van der Waals surface area contributed by atoms with Gasteiger partial charge in [-0.15, -0.1) is 0 Å². The van der Waals surface area contributed by atoms with E-state index < -0.39 is 24.5 Å². The first-order valence-electron chi connectivity index (χ1n) is 7.63. The van der Waals surface area contributed by atoms with Gasteiger partial charge < -0.3 is 9.84 Å². The van der Waals surface area contributed by atoms with E-state index in [9.17, 15) is 13.6 Å². The predicted octanol–water partition coefficient (Wildman–Crippen LogP) is 3.98. The van der Waals surface area contributed by atoms with Gasteiger partial charge in [0.1, 0.15) is 17.4 Å². The molecule has 2 aromatic carbocycles. The van der Waals surface area contributed by atoms with Gasteiger partial charge in [-0.1, -0.05) is 30.3 Å². The molecule has 0 aliphatic carbocycles. The molecule has 0 bridgehead atoms. The summed E-state index contributed by atoms with van der Waals surface area (Å²) in [7, 11) is 0. The van der Waals surface area contributed by atoms with Gasteiger partial charge in [-0.3, -0.25) is 4.79 Å². The zero-order valence-electron chi connectivity index (χ0n) is 12.8. The minimum Gasteiger partial charge on any atom is -0.481 e. The lowest BCUT2D eigenvalue weighted by atomic mass is 10.1. The Hall–Kier alpha value is -2.47. The molecule has 126 valence electrons. The number of para-hydroxylation sites is 1. The monoisotopic (exact) mass is 333 g/mol. The number of nitrogens with zero attached hydrogens (tertiary/aromatic N) is 1. The molecule has 1 aliphatic rings. The number of carbonyl (C=O) groups is 1. The number of likely N-dealkylation sites (tertiary alicyclic amines) is 1. The molecule has 0 aromatic heterocycles. The minimum atomic E-state index is -1.84. The van der Waals surface area contributed by atoms with E-state index in [-0.39, 0.29) is 13.0 Å². The molecular formula is C18H17F2NO3. The van der Waals surface area contributed by atoms with Crippen LogP contribution >= 0.6 is 0 Å². The summed E-state index contributed by atoms with van der Waals surface area (Å²) >= 11 is 0. The van der Waals surface area contributed by atoms with Crippen LogP contribution in [0.2, 0.25) is 0 Å². The van der Waals surface area contributed by atoms with E-state index in [1.807, 2.05) is 18.2 Å². The molecule has 1 aliphatic heterocycles. The maximum absolute atomic E-state index is 14.2. The van der Waals surface area contributed by atoms with Crippen molar-refractivity contribution in [1.82, 2.24) is 4.90 Å². The maximum atomic E-state index is 14.2. The van der Waals surface area contributed by atoms with Crippen LogP contribution in [0.4, 0.5) is 8.78 Å². The summed E-state index contributed by atoms with van der Waals surface area (Å²) in [5, 5.41) is 8.94. The van der Waals surface area contributed by atoms with E-state index in [1.165, 1.54) is 0 Å². The van der Waals surface area contributed by atoms with Gasteiger partial charge in [0.15, 0.2) is 12.6 Å². The average Bonchev–Trinajstić information content (AvgIpc) is 2.85. The predicted molar refractivity (Wildman–Crippen MR) is 84.0 cm³/mol. The number of aliphatic carboxylic acids is 1. The van der Waals surface area contributed by atoms with Crippen molar-refractivity contribution in [2.45, 2.75) is 25.6 Å². The summed E-state index contributed by atoms with van der Waals surface area (Å²) in [4.78, 5) is 11.9. The van der Waals surface area contributed by atoms with Gasteiger partial charge in [0, 0.05) is 13.0 Å². The summed E-state index contributed by atoms with van der Waals surface area (Å²) in [5.74, 6) is -1.43.